The number of ether oxygens (including phenoxy) is 2. The number of benzene rings is 1. The smallest absolute Gasteiger partial charge is 0.320 e. The topological polar surface area (TPSA) is 38.8 Å². The van der Waals surface area contributed by atoms with Crippen LogP contribution >= 0.6 is 0 Å². The number of carbonyl (C=O) groups is 1. The van der Waals surface area contributed by atoms with Crippen LogP contribution in [0.3, 0.4) is 0 Å². The first kappa shape index (κ1) is 15.5. The van der Waals surface area contributed by atoms with Gasteiger partial charge in [-0.3, -0.25) is 9.69 Å². The molecule has 0 amide bonds. The second-order valence-electron chi connectivity index (χ2n) is 4.59. The van der Waals surface area contributed by atoms with E-state index in [4.69, 9.17) is 9.47 Å². The maximum absolute atomic E-state index is 11.5. The highest BCUT2D eigenvalue weighted by molar-refractivity contribution is 5.71. The monoisotopic (exact) mass is 265 g/mol. The van der Waals surface area contributed by atoms with Gasteiger partial charge < -0.3 is 9.47 Å². The van der Waals surface area contributed by atoms with Crippen LogP contribution in [0.1, 0.15) is 25.3 Å². The molecule has 1 rings (SSSR count). The lowest BCUT2D eigenvalue weighted by atomic mass is 10.2. The molecular weight excluding hydrogens is 242 g/mol. The lowest BCUT2D eigenvalue weighted by Gasteiger charge is -2.16. The zero-order valence-corrected chi connectivity index (χ0v) is 12.0. The summed E-state index contributed by atoms with van der Waals surface area (Å²) in [6.07, 6.45) is 1.96. The third-order valence-electron chi connectivity index (χ3n) is 2.77. The van der Waals surface area contributed by atoms with Gasteiger partial charge in [0.2, 0.25) is 0 Å². The van der Waals surface area contributed by atoms with Gasteiger partial charge in [0.1, 0.15) is 5.75 Å². The van der Waals surface area contributed by atoms with Crippen molar-refractivity contribution in [3.05, 3.63) is 29.8 Å². The zero-order valence-electron chi connectivity index (χ0n) is 12.0. The lowest BCUT2D eigenvalue weighted by molar-refractivity contribution is -0.144. The van der Waals surface area contributed by atoms with Crippen LogP contribution in [0.5, 0.6) is 5.75 Å². The van der Waals surface area contributed by atoms with Crippen molar-refractivity contribution in [2.75, 3.05) is 27.3 Å². The van der Waals surface area contributed by atoms with Gasteiger partial charge in [-0.25, -0.2) is 0 Å². The summed E-state index contributed by atoms with van der Waals surface area (Å²) < 4.78 is 10.2. The Morgan fingerprint density at radius 3 is 2.53 bits per heavy atom. The Hall–Kier alpha value is -1.55. The van der Waals surface area contributed by atoms with E-state index in [9.17, 15) is 4.79 Å². The molecule has 106 valence electrons. The maximum atomic E-state index is 11.5. The van der Waals surface area contributed by atoms with Crippen LogP contribution in [0.4, 0.5) is 0 Å². The minimum absolute atomic E-state index is 0.163. The fourth-order valence-electron chi connectivity index (χ4n) is 1.69. The molecule has 0 radical (unpaired) electrons. The Kier molecular flexibility index (Phi) is 6.97. The highest BCUT2D eigenvalue weighted by Crippen LogP contribution is 2.12. The van der Waals surface area contributed by atoms with Gasteiger partial charge in [0.25, 0.3) is 0 Å². The number of esters is 1. The second kappa shape index (κ2) is 8.53. The van der Waals surface area contributed by atoms with Crippen molar-refractivity contribution in [1.29, 1.82) is 0 Å². The quantitative estimate of drug-likeness (QED) is 0.534. The van der Waals surface area contributed by atoms with E-state index in [0.717, 1.165) is 24.2 Å². The highest BCUT2D eigenvalue weighted by Gasteiger charge is 2.08. The van der Waals surface area contributed by atoms with E-state index in [1.165, 1.54) is 0 Å². The van der Waals surface area contributed by atoms with Crippen molar-refractivity contribution in [2.45, 2.75) is 26.3 Å². The number of methoxy groups -OCH3 is 1. The molecule has 0 aliphatic rings. The molecule has 0 aromatic heterocycles. The standard InChI is InChI=1S/C15H23NO3/c1-4-5-10-19-15(17)12-16(2)11-13-6-8-14(18-3)9-7-13/h6-9H,4-5,10-12H2,1-3H3. The van der Waals surface area contributed by atoms with Crippen LogP contribution in [0.2, 0.25) is 0 Å². The van der Waals surface area contributed by atoms with Gasteiger partial charge in [-0.15, -0.1) is 0 Å². The summed E-state index contributed by atoms with van der Waals surface area (Å²) in [5, 5.41) is 0. The van der Waals surface area contributed by atoms with Crippen LogP contribution in [0, 0.1) is 0 Å². The number of nitrogens with zero attached hydrogens (tertiary/aromatic N) is 1. The van der Waals surface area contributed by atoms with Gasteiger partial charge in [0.15, 0.2) is 0 Å². The Morgan fingerprint density at radius 1 is 1.26 bits per heavy atom. The summed E-state index contributed by atoms with van der Waals surface area (Å²) in [5.41, 5.74) is 1.14. The molecule has 0 unspecified atom stereocenters. The first-order chi connectivity index (χ1) is 9.15. The molecule has 0 saturated carbocycles. The normalized spacial score (nSPS) is 10.5. The molecule has 0 aliphatic heterocycles. The van der Waals surface area contributed by atoms with E-state index < -0.39 is 0 Å². The van der Waals surface area contributed by atoms with E-state index in [1.807, 2.05) is 36.2 Å². The van der Waals surface area contributed by atoms with E-state index >= 15 is 0 Å². The van der Waals surface area contributed by atoms with Gasteiger partial charge in [0.05, 0.1) is 20.3 Å². The van der Waals surface area contributed by atoms with Crippen molar-refractivity contribution in [3.63, 3.8) is 0 Å². The highest BCUT2D eigenvalue weighted by atomic mass is 16.5. The van der Waals surface area contributed by atoms with Gasteiger partial charge >= 0.3 is 5.97 Å². The lowest BCUT2D eigenvalue weighted by Crippen LogP contribution is -2.27. The third kappa shape index (κ3) is 6.25. The SMILES string of the molecule is CCCCOC(=O)CN(C)Cc1ccc(OC)cc1. The average Bonchev–Trinajstić information content (AvgIpc) is 2.39. The van der Waals surface area contributed by atoms with E-state index in [-0.39, 0.29) is 5.97 Å². The predicted molar refractivity (Wildman–Crippen MR) is 75.2 cm³/mol. The predicted octanol–water partition coefficient (Wildman–Crippen LogP) is 2.47. The molecule has 4 heteroatoms. The molecular formula is C15H23NO3. The summed E-state index contributed by atoms with van der Waals surface area (Å²) in [4.78, 5) is 13.5. The minimum atomic E-state index is -0.163. The van der Waals surface area contributed by atoms with Crippen LogP contribution in [-0.4, -0.2) is 38.2 Å². The molecule has 0 spiro atoms. The molecule has 0 heterocycles. The Bertz CT molecular complexity index is 375. The zero-order chi connectivity index (χ0) is 14.1. The van der Waals surface area contributed by atoms with E-state index in [0.29, 0.717) is 19.7 Å². The van der Waals surface area contributed by atoms with Crippen LogP contribution in [0.25, 0.3) is 0 Å². The van der Waals surface area contributed by atoms with E-state index in [2.05, 4.69) is 6.92 Å². The first-order valence-electron chi connectivity index (χ1n) is 6.62. The summed E-state index contributed by atoms with van der Waals surface area (Å²) in [6, 6.07) is 7.83. The number of unbranched alkanes of at least 4 members (excludes halogenated alkanes) is 1. The van der Waals surface area contributed by atoms with Gasteiger partial charge in [-0.1, -0.05) is 25.5 Å². The molecule has 0 bridgehead atoms. The molecule has 0 saturated heterocycles. The Labute approximate surface area is 115 Å². The van der Waals surface area contributed by atoms with Gasteiger partial charge in [0, 0.05) is 6.54 Å². The fraction of sp³-hybridized carbons (Fsp3) is 0.533. The van der Waals surface area contributed by atoms with Crippen molar-refractivity contribution in [2.24, 2.45) is 0 Å². The van der Waals surface area contributed by atoms with Crippen LogP contribution < -0.4 is 4.74 Å². The summed E-state index contributed by atoms with van der Waals surface area (Å²) in [5.74, 6) is 0.676. The number of rotatable bonds is 8. The molecule has 0 N–H and O–H groups in total. The number of carbonyl (C=O) groups excluding carboxylic acids is 1. The Morgan fingerprint density at radius 2 is 1.95 bits per heavy atom. The van der Waals surface area contributed by atoms with Crippen molar-refractivity contribution >= 4 is 5.97 Å². The molecule has 1 aromatic carbocycles. The maximum Gasteiger partial charge on any atom is 0.320 e. The summed E-state index contributed by atoms with van der Waals surface area (Å²) >= 11 is 0. The second-order valence-corrected chi connectivity index (χ2v) is 4.59. The molecule has 4 nitrogen and oxygen atoms in total. The summed E-state index contributed by atoms with van der Waals surface area (Å²) in [7, 11) is 3.55. The molecule has 0 atom stereocenters. The average molecular weight is 265 g/mol. The van der Waals surface area contributed by atoms with Crippen molar-refractivity contribution < 1.29 is 14.3 Å². The Balaban J connectivity index is 2.33. The summed E-state index contributed by atoms with van der Waals surface area (Å²) in [6.45, 7) is 3.62. The number of hydrogen-bond donors (Lipinski definition) is 0. The number of hydrogen-bond acceptors (Lipinski definition) is 4. The third-order valence-corrected chi connectivity index (χ3v) is 2.77. The van der Waals surface area contributed by atoms with E-state index in [1.54, 1.807) is 7.11 Å². The minimum Gasteiger partial charge on any atom is -0.497 e. The van der Waals surface area contributed by atoms with Gasteiger partial charge in [-0.2, -0.15) is 0 Å². The first-order valence-corrected chi connectivity index (χ1v) is 6.62. The van der Waals surface area contributed by atoms with Crippen molar-refractivity contribution in [3.8, 4) is 5.75 Å². The molecule has 0 aliphatic carbocycles. The number of likely N-dealkylation sites (N-methyl/N-ethyl adjacent to an activating group) is 1. The van der Waals surface area contributed by atoms with Crippen LogP contribution in [0.15, 0.2) is 24.3 Å². The van der Waals surface area contributed by atoms with Crippen LogP contribution in [-0.2, 0) is 16.1 Å². The molecule has 0 fully saturated rings. The molecule has 1 aromatic rings. The van der Waals surface area contributed by atoms with Crippen molar-refractivity contribution in [1.82, 2.24) is 4.90 Å². The van der Waals surface area contributed by atoms with Gasteiger partial charge in [-0.05, 0) is 31.2 Å². The largest absolute Gasteiger partial charge is 0.497 e. The fourth-order valence-corrected chi connectivity index (χ4v) is 1.69. The molecule has 19 heavy (non-hydrogen) atoms.